The van der Waals surface area contributed by atoms with E-state index in [-0.39, 0.29) is 12.3 Å². The Hall–Kier alpha value is -0.910. The summed E-state index contributed by atoms with van der Waals surface area (Å²) in [4.78, 5) is 11.8. The van der Waals surface area contributed by atoms with Crippen LogP contribution in [-0.4, -0.2) is 17.6 Å². The standard InChI is InChI=1S/C11H14BrF2NO2/c1-7(11(2,13)14)5-15-6-8(12)4-9(17-3)10(15)16/h4,6-7H,5H2,1-3H3. The van der Waals surface area contributed by atoms with Crippen molar-refractivity contribution in [2.75, 3.05) is 7.11 Å². The van der Waals surface area contributed by atoms with Crippen molar-refractivity contribution in [3.05, 3.63) is 27.1 Å². The molecule has 1 heterocycles. The number of pyridine rings is 1. The molecule has 0 aliphatic carbocycles. The van der Waals surface area contributed by atoms with Crippen LogP contribution in [0.2, 0.25) is 0 Å². The minimum Gasteiger partial charge on any atom is -0.491 e. The van der Waals surface area contributed by atoms with Crippen LogP contribution in [0.5, 0.6) is 5.75 Å². The Kier molecular flexibility index (Phi) is 4.30. The topological polar surface area (TPSA) is 31.2 Å². The zero-order valence-electron chi connectivity index (χ0n) is 9.84. The van der Waals surface area contributed by atoms with Crippen molar-refractivity contribution in [2.24, 2.45) is 5.92 Å². The third-order valence-corrected chi connectivity index (χ3v) is 3.01. The molecule has 0 radical (unpaired) electrons. The molecular weight excluding hydrogens is 296 g/mol. The zero-order valence-corrected chi connectivity index (χ0v) is 11.4. The van der Waals surface area contributed by atoms with E-state index in [2.05, 4.69) is 15.9 Å². The van der Waals surface area contributed by atoms with Crippen LogP contribution in [0, 0.1) is 5.92 Å². The summed E-state index contributed by atoms with van der Waals surface area (Å²) >= 11 is 3.20. The average molecular weight is 310 g/mol. The molecule has 0 spiro atoms. The molecule has 96 valence electrons. The molecule has 0 saturated carbocycles. The van der Waals surface area contributed by atoms with Gasteiger partial charge in [0.15, 0.2) is 5.75 Å². The van der Waals surface area contributed by atoms with Crippen LogP contribution in [0.3, 0.4) is 0 Å². The molecule has 0 fully saturated rings. The van der Waals surface area contributed by atoms with Gasteiger partial charge >= 0.3 is 0 Å². The Morgan fingerprint density at radius 2 is 2.18 bits per heavy atom. The number of methoxy groups -OCH3 is 1. The molecule has 1 aromatic heterocycles. The number of hydrogen-bond acceptors (Lipinski definition) is 2. The summed E-state index contributed by atoms with van der Waals surface area (Å²) in [5.41, 5.74) is -0.410. The second kappa shape index (κ2) is 5.16. The number of rotatable bonds is 4. The fourth-order valence-corrected chi connectivity index (χ4v) is 1.77. The summed E-state index contributed by atoms with van der Waals surface area (Å²) in [5.74, 6) is -3.63. The molecule has 0 saturated heterocycles. The molecule has 0 aliphatic heterocycles. The Morgan fingerprint density at radius 3 is 2.65 bits per heavy atom. The Bertz CT molecular complexity index is 454. The smallest absolute Gasteiger partial charge is 0.292 e. The number of halogens is 3. The van der Waals surface area contributed by atoms with E-state index < -0.39 is 17.4 Å². The summed E-state index contributed by atoms with van der Waals surface area (Å²) < 4.78 is 32.8. The molecule has 0 aliphatic rings. The molecule has 0 amide bonds. The molecule has 1 atom stereocenters. The highest BCUT2D eigenvalue weighted by molar-refractivity contribution is 9.10. The van der Waals surface area contributed by atoms with Crippen molar-refractivity contribution in [1.29, 1.82) is 0 Å². The highest BCUT2D eigenvalue weighted by Gasteiger charge is 2.30. The van der Waals surface area contributed by atoms with Gasteiger partial charge in [0.25, 0.3) is 5.56 Å². The van der Waals surface area contributed by atoms with Gasteiger partial charge in [-0.1, -0.05) is 6.92 Å². The predicted octanol–water partition coefficient (Wildman–Crippen LogP) is 2.91. The van der Waals surface area contributed by atoms with E-state index in [1.165, 1.54) is 30.9 Å². The first-order valence-corrected chi connectivity index (χ1v) is 5.86. The summed E-state index contributed by atoms with van der Waals surface area (Å²) in [6, 6.07) is 1.51. The minimum absolute atomic E-state index is 0.0574. The van der Waals surface area contributed by atoms with Crippen molar-refractivity contribution in [2.45, 2.75) is 26.3 Å². The average Bonchev–Trinajstić information content (AvgIpc) is 2.21. The first-order valence-electron chi connectivity index (χ1n) is 5.07. The largest absolute Gasteiger partial charge is 0.491 e. The van der Waals surface area contributed by atoms with Gasteiger partial charge in [-0.15, -0.1) is 0 Å². The maximum absolute atomic E-state index is 13.1. The number of nitrogens with zero attached hydrogens (tertiary/aromatic N) is 1. The Morgan fingerprint density at radius 1 is 1.59 bits per heavy atom. The third-order valence-electron chi connectivity index (χ3n) is 2.58. The second-order valence-corrected chi connectivity index (χ2v) is 4.96. The lowest BCUT2D eigenvalue weighted by Crippen LogP contribution is -2.31. The van der Waals surface area contributed by atoms with E-state index >= 15 is 0 Å². The van der Waals surface area contributed by atoms with E-state index in [0.29, 0.717) is 4.47 Å². The number of ether oxygens (including phenoxy) is 1. The first-order chi connectivity index (χ1) is 7.75. The lowest BCUT2D eigenvalue weighted by atomic mass is 10.1. The molecule has 0 N–H and O–H groups in total. The number of aromatic nitrogens is 1. The van der Waals surface area contributed by atoms with Crippen LogP contribution in [0.1, 0.15) is 13.8 Å². The molecule has 1 aromatic rings. The zero-order chi connectivity index (χ0) is 13.2. The molecule has 1 unspecified atom stereocenters. The highest BCUT2D eigenvalue weighted by Crippen LogP contribution is 2.25. The molecular formula is C11H14BrF2NO2. The number of hydrogen-bond donors (Lipinski definition) is 0. The van der Waals surface area contributed by atoms with Crippen molar-refractivity contribution in [3.63, 3.8) is 0 Å². The first kappa shape index (κ1) is 14.2. The van der Waals surface area contributed by atoms with E-state index in [4.69, 9.17) is 4.74 Å². The fraction of sp³-hybridized carbons (Fsp3) is 0.545. The Labute approximate surface area is 107 Å². The molecule has 6 heteroatoms. The molecule has 3 nitrogen and oxygen atoms in total. The molecule has 1 rings (SSSR count). The van der Waals surface area contributed by atoms with Gasteiger partial charge in [0, 0.05) is 29.2 Å². The molecule has 17 heavy (non-hydrogen) atoms. The van der Waals surface area contributed by atoms with E-state index in [1.807, 2.05) is 0 Å². The van der Waals surface area contributed by atoms with Crippen LogP contribution in [-0.2, 0) is 6.54 Å². The normalized spacial score (nSPS) is 13.5. The van der Waals surface area contributed by atoms with Crippen molar-refractivity contribution >= 4 is 15.9 Å². The SMILES string of the molecule is COc1cc(Br)cn(CC(C)C(C)(F)F)c1=O. The van der Waals surface area contributed by atoms with Gasteiger partial charge < -0.3 is 9.30 Å². The van der Waals surface area contributed by atoms with Gasteiger partial charge in [-0.2, -0.15) is 0 Å². The number of alkyl halides is 2. The predicted molar refractivity (Wildman–Crippen MR) is 64.7 cm³/mol. The lowest BCUT2D eigenvalue weighted by Gasteiger charge is -2.20. The van der Waals surface area contributed by atoms with E-state index in [0.717, 1.165) is 6.92 Å². The van der Waals surface area contributed by atoms with E-state index in [1.54, 1.807) is 0 Å². The van der Waals surface area contributed by atoms with Crippen LogP contribution < -0.4 is 10.3 Å². The second-order valence-electron chi connectivity index (χ2n) is 4.04. The monoisotopic (exact) mass is 309 g/mol. The van der Waals surface area contributed by atoms with Gasteiger partial charge in [-0.25, -0.2) is 8.78 Å². The van der Waals surface area contributed by atoms with Crippen molar-refractivity contribution < 1.29 is 13.5 Å². The summed E-state index contributed by atoms with van der Waals surface area (Å²) in [6.45, 7) is 2.19. The van der Waals surface area contributed by atoms with Gasteiger partial charge in [0.2, 0.25) is 5.92 Å². The van der Waals surface area contributed by atoms with Crippen LogP contribution in [0.25, 0.3) is 0 Å². The molecule has 0 bridgehead atoms. The van der Waals surface area contributed by atoms with Gasteiger partial charge in [-0.3, -0.25) is 4.79 Å². The van der Waals surface area contributed by atoms with E-state index in [9.17, 15) is 13.6 Å². The van der Waals surface area contributed by atoms with Gasteiger partial charge in [0.05, 0.1) is 7.11 Å². The maximum atomic E-state index is 13.1. The molecule has 0 aromatic carbocycles. The summed E-state index contributed by atoms with van der Waals surface area (Å²) in [7, 11) is 1.37. The highest BCUT2D eigenvalue weighted by atomic mass is 79.9. The van der Waals surface area contributed by atoms with Gasteiger partial charge in [-0.05, 0) is 22.9 Å². The van der Waals surface area contributed by atoms with Crippen molar-refractivity contribution in [3.8, 4) is 5.75 Å². The summed E-state index contributed by atoms with van der Waals surface area (Å²) in [6.07, 6.45) is 1.48. The van der Waals surface area contributed by atoms with Crippen LogP contribution in [0.4, 0.5) is 8.78 Å². The Balaban J connectivity index is 3.07. The third kappa shape index (κ3) is 3.52. The van der Waals surface area contributed by atoms with Gasteiger partial charge in [0.1, 0.15) is 0 Å². The van der Waals surface area contributed by atoms with Crippen molar-refractivity contribution in [1.82, 2.24) is 4.57 Å². The quantitative estimate of drug-likeness (QED) is 0.856. The van der Waals surface area contributed by atoms with Crippen LogP contribution in [0.15, 0.2) is 21.5 Å². The van der Waals surface area contributed by atoms with Crippen LogP contribution >= 0.6 is 15.9 Å². The maximum Gasteiger partial charge on any atom is 0.292 e. The lowest BCUT2D eigenvalue weighted by molar-refractivity contribution is -0.0387. The summed E-state index contributed by atoms with van der Waals surface area (Å²) in [5, 5.41) is 0. The minimum atomic E-state index is -2.82. The fourth-order valence-electron chi connectivity index (χ4n) is 1.31.